The summed E-state index contributed by atoms with van der Waals surface area (Å²) in [7, 11) is 1.31. The molecule has 0 aliphatic carbocycles. The zero-order valence-electron chi connectivity index (χ0n) is 15.0. The minimum Gasteiger partial charge on any atom is -0.453 e. The van der Waals surface area contributed by atoms with Gasteiger partial charge in [-0.05, 0) is 35.4 Å². The van der Waals surface area contributed by atoms with E-state index >= 15 is 0 Å². The SMILES string of the molecule is COC(=O)Nc1ccc(CNC(=O)c2cccn2Cc2ccccc2)cc1. The number of carbonyl (C=O) groups excluding carboxylic acids is 2. The van der Waals surface area contributed by atoms with Gasteiger partial charge in [0, 0.05) is 25.0 Å². The van der Waals surface area contributed by atoms with Gasteiger partial charge in [-0.15, -0.1) is 0 Å². The third-order valence-corrected chi connectivity index (χ3v) is 4.10. The standard InChI is InChI=1S/C21H21N3O3/c1-27-21(26)23-18-11-9-16(10-12-18)14-22-20(25)19-8-5-13-24(19)15-17-6-3-2-4-7-17/h2-13H,14-15H2,1H3,(H,22,25)(H,23,26). The van der Waals surface area contributed by atoms with Crippen LogP contribution in [0.1, 0.15) is 21.6 Å². The van der Waals surface area contributed by atoms with Crippen LogP contribution in [0, 0.1) is 0 Å². The number of rotatable bonds is 6. The second-order valence-corrected chi connectivity index (χ2v) is 6.00. The lowest BCUT2D eigenvalue weighted by Crippen LogP contribution is -2.25. The van der Waals surface area contributed by atoms with Gasteiger partial charge >= 0.3 is 6.09 Å². The maximum atomic E-state index is 12.5. The number of hydrogen-bond donors (Lipinski definition) is 2. The molecule has 0 bridgehead atoms. The molecular weight excluding hydrogens is 342 g/mol. The number of aromatic nitrogens is 1. The quantitative estimate of drug-likeness (QED) is 0.702. The van der Waals surface area contributed by atoms with Crippen molar-refractivity contribution in [2.24, 2.45) is 0 Å². The molecule has 3 rings (SSSR count). The van der Waals surface area contributed by atoms with Crippen LogP contribution in [0.5, 0.6) is 0 Å². The summed E-state index contributed by atoms with van der Waals surface area (Å²) in [5.74, 6) is -0.132. The highest BCUT2D eigenvalue weighted by atomic mass is 16.5. The highest BCUT2D eigenvalue weighted by Crippen LogP contribution is 2.11. The summed E-state index contributed by atoms with van der Waals surface area (Å²) in [6.45, 7) is 1.04. The van der Waals surface area contributed by atoms with Crippen LogP contribution in [0.25, 0.3) is 0 Å². The lowest BCUT2D eigenvalue weighted by molar-refractivity contribution is 0.0942. The summed E-state index contributed by atoms with van der Waals surface area (Å²) >= 11 is 0. The Labute approximate surface area is 157 Å². The van der Waals surface area contributed by atoms with E-state index in [1.807, 2.05) is 65.4 Å². The monoisotopic (exact) mass is 363 g/mol. The summed E-state index contributed by atoms with van der Waals surface area (Å²) in [6, 6.07) is 20.9. The van der Waals surface area contributed by atoms with E-state index in [9.17, 15) is 9.59 Å². The van der Waals surface area contributed by atoms with Crippen LogP contribution in [0.2, 0.25) is 0 Å². The summed E-state index contributed by atoms with van der Waals surface area (Å²) in [5, 5.41) is 5.51. The van der Waals surface area contributed by atoms with Crippen molar-refractivity contribution >= 4 is 17.7 Å². The number of benzene rings is 2. The lowest BCUT2D eigenvalue weighted by Gasteiger charge is -2.10. The van der Waals surface area contributed by atoms with Gasteiger partial charge in [-0.2, -0.15) is 0 Å². The van der Waals surface area contributed by atoms with Crippen LogP contribution >= 0.6 is 0 Å². The van der Waals surface area contributed by atoms with Crippen LogP contribution in [-0.2, 0) is 17.8 Å². The average Bonchev–Trinajstić information content (AvgIpc) is 3.16. The van der Waals surface area contributed by atoms with E-state index in [0.29, 0.717) is 24.5 Å². The number of hydrogen-bond acceptors (Lipinski definition) is 3. The molecule has 0 aliphatic rings. The summed E-state index contributed by atoms with van der Waals surface area (Å²) < 4.78 is 6.47. The van der Waals surface area contributed by atoms with E-state index in [2.05, 4.69) is 15.4 Å². The van der Waals surface area contributed by atoms with Gasteiger partial charge in [0.05, 0.1) is 7.11 Å². The predicted molar refractivity (Wildman–Crippen MR) is 104 cm³/mol. The van der Waals surface area contributed by atoms with Crippen molar-refractivity contribution in [1.29, 1.82) is 0 Å². The Morgan fingerprint density at radius 1 is 0.926 bits per heavy atom. The molecule has 0 saturated heterocycles. The topological polar surface area (TPSA) is 72.4 Å². The fraction of sp³-hybridized carbons (Fsp3) is 0.143. The Balaban J connectivity index is 1.58. The Bertz CT molecular complexity index is 902. The molecule has 0 spiro atoms. The first-order chi connectivity index (χ1) is 13.2. The smallest absolute Gasteiger partial charge is 0.411 e. The third kappa shape index (κ3) is 4.98. The van der Waals surface area contributed by atoms with Gasteiger partial charge in [-0.25, -0.2) is 4.79 Å². The number of methoxy groups -OCH3 is 1. The zero-order valence-corrected chi connectivity index (χ0v) is 15.0. The molecule has 1 heterocycles. The maximum Gasteiger partial charge on any atom is 0.411 e. The van der Waals surface area contributed by atoms with Crippen LogP contribution in [0.15, 0.2) is 72.9 Å². The molecule has 0 saturated carbocycles. The molecule has 138 valence electrons. The highest BCUT2D eigenvalue weighted by molar-refractivity contribution is 5.92. The van der Waals surface area contributed by atoms with Crippen molar-refractivity contribution in [3.8, 4) is 0 Å². The fourth-order valence-electron chi connectivity index (χ4n) is 2.69. The number of nitrogens with one attached hydrogen (secondary N) is 2. The average molecular weight is 363 g/mol. The minimum atomic E-state index is -0.518. The van der Waals surface area contributed by atoms with Crippen molar-refractivity contribution in [2.75, 3.05) is 12.4 Å². The van der Waals surface area contributed by atoms with E-state index in [1.54, 1.807) is 12.1 Å². The lowest BCUT2D eigenvalue weighted by atomic mass is 10.2. The van der Waals surface area contributed by atoms with Crippen molar-refractivity contribution in [2.45, 2.75) is 13.1 Å². The largest absolute Gasteiger partial charge is 0.453 e. The van der Waals surface area contributed by atoms with Crippen molar-refractivity contribution in [3.63, 3.8) is 0 Å². The Hall–Kier alpha value is -3.54. The Morgan fingerprint density at radius 2 is 1.67 bits per heavy atom. The number of nitrogens with zero attached hydrogens (tertiary/aromatic N) is 1. The second-order valence-electron chi connectivity index (χ2n) is 6.00. The van der Waals surface area contributed by atoms with Gasteiger partial charge in [0.1, 0.15) is 5.69 Å². The molecule has 6 heteroatoms. The molecule has 6 nitrogen and oxygen atoms in total. The number of ether oxygens (including phenoxy) is 1. The molecule has 0 aliphatic heterocycles. The van der Waals surface area contributed by atoms with E-state index in [4.69, 9.17) is 0 Å². The van der Waals surface area contributed by atoms with Crippen LogP contribution in [-0.4, -0.2) is 23.7 Å². The molecule has 0 fully saturated rings. The normalized spacial score (nSPS) is 10.3. The van der Waals surface area contributed by atoms with Gasteiger partial charge in [0.2, 0.25) is 0 Å². The summed E-state index contributed by atoms with van der Waals surface area (Å²) in [6.07, 6.45) is 1.38. The first-order valence-corrected chi connectivity index (χ1v) is 8.57. The molecule has 0 radical (unpaired) electrons. The molecular formula is C21H21N3O3. The molecule has 2 aromatic carbocycles. The molecule has 1 aromatic heterocycles. The van der Waals surface area contributed by atoms with Crippen LogP contribution in [0.3, 0.4) is 0 Å². The Morgan fingerprint density at radius 3 is 2.37 bits per heavy atom. The minimum absolute atomic E-state index is 0.132. The third-order valence-electron chi connectivity index (χ3n) is 4.10. The molecule has 0 unspecified atom stereocenters. The van der Waals surface area contributed by atoms with Gasteiger partial charge in [0.25, 0.3) is 5.91 Å². The maximum absolute atomic E-state index is 12.5. The first kappa shape index (κ1) is 18.3. The first-order valence-electron chi connectivity index (χ1n) is 8.57. The van der Waals surface area contributed by atoms with E-state index in [1.165, 1.54) is 7.11 Å². The zero-order chi connectivity index (χ0) is 19.1. The van der Waals surface area contributed by atoms with E-state index in [0.717, 1.165) is 11.1 Å². The van der Waals surface area contributed by atoms with E-state index < -0.39 is 6.09 Å². The van der Waals surface area contributed by atoms with Crippen molar-refractivity contribution < 1.29 is 14.3 Å². The molecule has 0 atom stereocenters. The van der Waals surface area contributed by atoms with Gasteiger partial charge in [-0.3, -0.25) is 10.1 Å². The number of anilines is 1. The number of amides is 2. The van der Waals surface area contributed by atoms with Crippen molar-refractivity contribution in [1.82, 2.24) is 9.88 Å². The number of carbonyl (C=O) groups is 2. The summed E-state index contributed by atoms with van der Waals surface area (Å²) in [4.78, 5) is 23.7. The Kier molecular flexibility index (Phi) is 5.89. The van der Waals surface area contributed by atoms with Crippen LogP contribution in [0.4, 0.5) is 10.5 Å². The van der Waals surface area contributed by atoms with Crippen LogP contribution < -0.4 is 10.6 Å². The van der Waals surface area contributed by atoms with E-state index in [-0.39, 0.29) is 5.91 Å². The van der Waals surface area contributed by atoms with Gasteiger partial charge in [-0.1, -0.05) is 42.5 Å². The van der Waals surface area contributed by atoms with Gasteiger partial charge < -0.3 is 14.6 Å². The predicted octanol–water partition coefficient (Wildman–Crippen LogP) is 3.64. The summed E-state index contributed by atoms with van der Waals surface area (Å²) in [5.41, 5.74) is 3.31. The highest BCUT2D eigenvalue weighted by Gasteiger charge is 2.11. The fourth-order valence-corrected chi connectivity index (χ4v) is 2.69. The van der Waals surface area contributed by atoms with Gasteiger partial charge in [0.15, 0.2) is 0 Å². The molecule has 3 aromatic rings. The molecule has 2 N–H and O–H groups in total. The molecule has 2 amide bonds. The second kappa shape index (κ2) is 8.71. The van der Waals surface area contributed by atoms with Crippen molar-refractivity contribution in [3.05, 3.63) is 89.7 Å². The molecule has 27 heavy (non-hydrogen) atoms.